The van der Waals surface area contributed by atoms with Gasteiger partial charge in [0.15, 0.2) is 0 Å². The summed E-state index contributed by atoms with van der Waals surface area (Å²) in [5.74, 6) is -0.0319. The third-order valence-corrected chi connectivity index (χ3v) is 5.68. The van der Waals surface area contributed by atoms with Crippen molar-refractivity contribution in [3.8, 4) is 17.2 Å². The lowest BCUT2D eigenvalue weighted by atomic mass is 9.98. The number of nitrogens with zero attached hydrogens (tertiary/aromatic N) is 2. The SMILES string of the molecule is N#Cc1ncccc1C(O)C(O)CCNC(=O)OCC1c2ccccc2-c2ccccc21. The van der Waals surface area contributed by atoms with Crippen molar-refractivity contribution in [3.05, 3.63) is 89.2 Å². The molecule has 7 heteroatoms. The molecule has 1 aromatic heterocycles. The number of alkyl carbamates (subject to hydrolysis) is 1. The topological polar surface area (TPSA) is 115 Å². The first kappa shape index (κ1) is 21.5. The van der Waals surface area contributed by atoms with Gasteiger partial charge in [0.25, 0.3) is 0 Å². The molecule has 0 spiro atoms. The van der Waals surface area contributed by atoms with Crippen LogP contribution in [0.25, 0.3) is 11.1 Å². The molecule has 0 aliphatic heterocycles. The highest BCUT2D eigenvalue weighted by molar-refractivity contribution is 5.79. The zero-order valence-corrected chi connectivity index (χ0v) is 17.3. The third kappa shape index (κ3) is 4.33. The number of pyridine rings is 1. The number of nitrogens with one attached hydrogen (secondary N) is 1. The van der Waals surface area contributed by atoms with E-state index in [0.717, 1.165) is 22.3 Å². The zero-order valence-electron chi connectivity index (χ0n) is 17.3. The Morgan fingerprint density at radius 1 is 1.06 bits per heavy atom. The number of benzene rings is 2. The Morgan fingerprint density at radius 3 is 2.38 bits per heavy atom. The molecule has 32 heavy (non-hydrogen) atoms. The predicted molar refractivity (Wildman–Crippen MR) is 118 cm³/mol. The van der Waals surface area contributed by atoms with Gasteiger partial charge >= 0.3 is 6.09 Å². The van der Waals surface area contributed by atoms with Crippen LogP contribution < -0.4 is 5.32 Å². The molecular weight excluding hydrogens is 406 g/mol. The first-order chi connectivity index (χ1) is 15.6. The van der Waals surface area contributed by atoms with Crippen LogP contribution in [0.1, 0.15) is 40.8 Å². The Kier molecular flexibility index (Phi) is 6.45. The van der Waals surface area contributed by atoms with Crippen LogP contribution in [-0.4, -0.2) is 40.5 Å². The number of aliphatic hydroxyl groups is 2. The lowest BCUT2D eigenvalue weighted by molar-refractivity contribution is 0.0133. The van der Waals surface area contributed by atoms with Crippen LogP contribution in [0.15, 0.2) is 66.9 Å². The summed E-state index contributed by atoms with van der Waals surface area (Å²) in [6.45, 7) is 0.309. The number of amides is 1. The van der Waals surface area contributed by atoms with E-state index in [2.05, 4.69) is 22.4 Å². The van der Waals surface area contributed by atoms with Crippen molar-refractivity contribution in [2.24, 2.45) is 0 Å². The van der Waals surface area contributed by atoms with Crippen LogP contribution >= 0.6 is 0 Å². The average molecular weight is 429 g/mol. The summed E-state index contributed by atoms with van der Waals surface area (Å²) in [5, 5.41) is 32.3. The number of ether oxygens (including phenoxy) is 1. The molecule has 1 heterocycles. The molecule has 1 aliphatic carbocycles. The number of hydrogen-bond acceptors (Lipinski definition) is 6. The molecule has 2 unspecified atom stereocenters. The van der Waals surface area contributed by atoms with E-state index in [1.165, 1.54) is 6.20 Å². The summed E-state index contributed by atoms with van der Waals surface area (Å²) < 4.78 is 5.46. The maximum absolute atomic E-state index is 12.2. The van der Waals surface area contributed by atoms with Crippen molar-refractivity contribution < 1.29 is 19.7 Å². The fourth-order valence-electron chi connectivity index (χ4n) is 4.09. The van der Waals surface area contributed by atoms with Crippen molar-refractivity contribution in [2.45, 2.75) is 24.5 Å². The standard InChI is InChI=1S/C25H23N3O4/c26-14-22-20(10-5-12-27-22)24(30)23(29)11-13-28-25(31)32-15-21-18-8-3-1-6-16(18)17-7-2-4-9-19(17)21/h1-10,12,21,23-24,29-30H,11,13,15H2,(H,28,31). The predicted octanol–water partition coefficient (Wildman–Crippen LogP) is 3.28. The number of aliphatic hydroxyl groups excluding tert-OH is 2. The highest BCUT2D eigenvalue weighted by Crippen LogP contribution is 2.44. The maximum Gasteiger partial charge on any atom is 0.407 e. The van der Waals surface area contributed by atoms with Crippen LogP contribution in [0, 0.1) is 11.3 Å². The molecule has 3 N–H and O–H groups in total. The van der Waals surface area contributed by atoms with Gasteiger partial charge in [-0.3, -0.25) is 0 Å². The number of fused-ring (bicyclic) bond motifs is 3. The summed E-state index contributed by atoms with van der Waals surface area (Å²) in [5.41, 5.74) is 4.88. The van der Waals surface area contributed by atoms with Crippen LogP contribution in [0.4, 0.5) is 4.79 Å². The van der Waals surface area contributed by atoms with Gasteiger partial charge in [-0.05, 0) is 34.7 Å². The van der Waals surface area contributed by atoms with Crippen LogP contribution in [0.3, 0.4) is 0 Å². The molecule has 1 aliphatic rings. The van der Waals surface area contributed by atoms with Crippen LogP contribution in [0.2, 0.25) is 0 Å². The first-order valence-electron chi connectivity index (χ1n) is 10.4. The Morgan fingerprint density at radius 2 is 1.72 bits per heavy atom. The first-order valence-corrected chi connectivity index (χ1v) is 10.4. The molecule has 2 atom stereocenters. The Labute approximate surface area is 185 Å². The number of aromatic nitrogens is 1. The number of carbonyl (C=O) groups excluding carboxylic acids is 1. The van der Waals surface area contributed by atoms with Gasteiger partial charge in [-0.2, -0.15) is 5.26 Å². The van der Waals surface area contributed by atoms with Crippen LogP contribution in [0.5, 0.6) is 0 Å². The minimum absolute atomic E-state index is 0.0319. The second-order valence-corrected chi connectivity index (χ2v) is 7.61. The van der Waals surface area contributed by atoms with E-state index >= 15 is 0 Å². The molecule has 2 aromatic carbocycles. The van der Waals surface area contributed by atoms with Gasteiger partial charge < -0.3 is 20.3 Å². The fraction of sp³-hybridized carbons (Fsp3) is 0.240. The van der Waals surface area contributed by atoms with Gasteiger partial charge in [-0.25, -0.2) is 9.78 Å². The second-order valence-electron chi connectivity index (χ2n) is 7.61. The van der Waals surface area contributed by atoms with Gasteiger partial charge in [0.2, 0.25) is 0 Å². The minimum atomic E-state index is -1.28. The van der Waals surface area contributed by atoms with Crippen LogP contribution in [-0.2, 0) is 4.74 Å². The molecule has 7 nitrogen and oxygen atoms in total. The van der Waals surface area contributed by atoms with Gasteiger partial charge in [-0.15, -0.1) is 0 Å². The summed E-state index contributed by atoms with van der Waals surface area (Å²) in [6, 6.07) is 21.2. The smallest absolute Gasteiger partial charge is 0.407 e. The summed E-state index contributed by atoms with van der Waals surface area (Å²) >= 11 is 0. The molecule has 0 bridgehead atoms. The lowest BCUT2D eigenvalue weighted by Gasteiger charge is -2.19. The van der Waals surface area contributed by atoms with E-state index < -0.39 is 18.3 Å². The van der Waals surface area contributed by atoms with Crippen molar-refractivity contribution in [3.63, 3.8) is 0 Å². The van der Waals surface area contributed by atoms with E-state index in [1.54, 1.807) is 12.1 Å². The number of carbonyl (C=O) groups is 1. The minimum Gasteiger partial charge on any atom is -0.449 e. The summed E-state index contributed by atoms with van der Waals surface area (Å²) in [6.07, 6.45) is -1.50. The maximum atomic E-state index is 12.2. The highest BCUT2D eigenvalue weighted by Gasteiger charge is 2.29. The highest BCUT2D eigenvalue weighted by atomic mass is 16.5. The van der Waals surface area contributed by atoms with Gasteiger partial charge in [0.05, 0.1) is 6.10 Å². The van der Waals surface area contributed by atoms with Crippen molar-refractivity contribution >= 4 is 6.09 Å². The molecule has 1 amide bonds. The molecule has 0 saturated carbocycles. The van der Waals surface area contributed by atoms with E-state index in [1.807, 2.05) is 42.5 Å². The van der Waals surface area contributed by atoms with E-state index in [0.29, 0.717) is 0 Å². The normalized spacial score (nSPS) is 14.0. The number of hydrogen-bond donors (Lipinski definition) is 3. The molecule has 0 fully saturated rings. The fourth-order valence-corrected chi connectivity index (χ4v) is 4.09. The van der Waals surface area contributed by atoms with Gasteiger partial charge in [0.1, 0.15) is 24.5 Å². The average Bonchev–Trinajstić information content (AvgIpc) is 3.16. The lowest BCUT2D eigenvalue weighted by Crippen LogP contribution is -2.31. The van der Waals surface area contributed by atoms with E-state index in [-0.39, 0.29) is 36.7 Å². The van der Waals surface area contributed by atoms with E-state index in [9.17, 15) is 15.0 Å². The Bertz CT molecular complexity index is 1110. The Balaban J connectivity index is 1.29. The zero-order chi connectivity index (χ0) is 22.5. The largest absolute Gasteiger partial charge is 0.449 e. The van der Waals surface area contributed by atoms with E-state index in [4.69, 9.17) is 10.00 Å². The van der Waals surface area contributed by atoms with Crippen molar-refractivity contribution in [2.75, 3.05) is 13.2 Å². The van der Waals surface area contributed by atoms with Crippen molar-refractivity contribution in [1.29, 1.82) is 5.26 Å². The summed E-state index contributed by atoms with van der Waals surface area (Å²) in [7, 11) is 0. The summed E-state index contributed by atoms with van der Waals surface area (Å²) in [4.78, 5) is 16.1. The molecule has 162 valence electrons. The van der Waals surface area contributed by atoms with Crippen molar-refractivity contribution in [1.82, 2.24) is 10.3 Å². The molecule has 4 rings (SSSR count). The number of nitriles is 1. The second kappa shape index (κ2) is 9.60. The van der Waals surface area contributed by atoms with Gasteiger partial charge in [0, 0.05) is 24.2 Å². The molecular formula is C25H23N3O4. The quantitative estimate of drug-likeness (QED) is 0.531. The number of rotatable bonds is 7. The Hall–Kier alpha value is -3.73. The third-order valence-electron chi connectivity index (χ3n) is 5.68. The monoisotopic (exact) mass is 429 g/mol. The van der Waals surface area contributed by atoms with Gasteiger partial charge in [-0.1, -0.05) is 54.6 Å². The molecule has 0 saturated heterocycles. The molecule has 3 aromatic rings. The molecule has 0 radical (unpaired) electrons.